The average molecular weight is 333 g/mol. The fraction of sp³-hybridized carbons (Fsp3) is 0.267. The van der Waals surface area contributed by atoms with Gasteiger partial charge in [0.1, 0.15) is 5.75 Å². The van der Waals surface area contributed by atoms with Crippen LogP contribution in [0.1, 0.15) is 13.3 Å². The monoisotopic (exact) mass is 333 g/mol. The van der Waals surface area contributed by atoms with Crippen molar-refractivity contribution in [2.45, 2.75) is 19.1 Å². The lowest BCUT2D eigenvalue weighted by molar-refractivity contribution is -0.160. The molecule has 1 aliphatic heterocycles. The lowest BCUT2D eigenvalue weighted by Gasteiger charge is -2.27. The predicted molar refractivity (Wildman–Crippen MR) is 86.4 cm³/mol. The van der Waals surface area contributed by atoms with Gasteiger partial charge < -0.3 is 14.9 Å². The molecule has 2 N–H and O–H groups in total. The van der Waals surface area contributed by atoms with E-state index in [-0.39, 0.29) is 12.2 Å². The summed E-state index contributed by atoms with van der Waals surface area (Å²) >= 11 is 1.24. The first-order valence-corrected chi connectivity index (χ1v) is 7.72. The van der Waals surface area contributed by atoms with Gasteiger partial charge in [0.2, 0.25) is 5.13 Å². The Kier molecular flexibility index (Phi) is 3.78. The van der Waals surface area contributed by atoms with Crippen LogP contribution >= 0.6 is 11.3 Å². The second-order valence-electron chi connectivity index (χ2n) is 5.20. The first kappa shape index (κ1) is 15.4. The number of aromatic hydroxyl groups is 1. The summed E-state index contributed by atoms with van der Waals surface area (Å²) < 4.78 is 4.68. The van der Waals surface area contributed by atoms with E-state index in [0.717, 1.165) is 5.56 Å². The summed E-state index contributed by atoms with van der Waals surface area (Å²) in [6.07, 6.45) is 0.0563. The van der Waals surface area contributed by atoms with Crippen LogP contribution < -0.4 is 5.01 Å². The fourth-order valence-electron chi connectivity index (χ4n) is 2.40. The van der Waals surface area contributed by atoms with Crippen LogP contribution in [-0.2, 0) is 9.53 Å². The van der Waals surface area contributed by atoms with Crippen LogP contribution in [0.5, 0.6) is 5.75 Å². The third-order valence-electron chi connectivity index (χ3n) is 3.45. The van der Waals surface area contributed by atoms with Crippen LogP contribution in [0.25, 0.3) is 11.3 Å². The number of nitrogens with zero attached hydrogens (tertiary/aromatic N) is 3. The van der Waals surface area contributed by atoms with E-state index in [1.54, 1.807) is 30.5 Å². The zero-order chi connectivity index (χ0) is 16.6. The van der Waals surface area contributed by atoms with Crippen molar-refractivity contribution in [3.8, 4) is 17.0 Å². The van der Waals surface area contributed by atoms with E-state index in [0.29, 0.717) is 16.5 Å². The van der Waals surface area contributed by atoms with Crippen LogP contribution in [-0.4, -0.2) is 39.7 Å². The summed E-state index contributed by atoms with van der Waals surface area (Å²) in [6, 6.07) is 6.68. The second kappa shape index (κ2) is 5.64. The van der Waals surface area contributed by atoms with Gasteiger partial charge in [-0.15, -0.1) is 11.3 Å². The normalized spacial score (nSPS) is 20.5. The summed E-state index contributed by atoms with van der Waals surface area (Å²) in [7, 11) is 1.21. The molecule has 0 aliphatic carbocycles. The Bertz CT molecular complexity index is 789. The number of aliphatic hydroxyl groups is 1. The van der Waals surface area contributed by atoms with E-state index < -0.39 is 11.7 Å². The molecular formula is C15H15N3O4S. The van der Waals surface area contributed by atoms with Crippen molar-refractivity contribution < 1.29 is 19.7 Å². The molecule has 1 aromatic carbocycles. The summed E-state index contributed by atoms with van der Waals surface area (Å²) in [5.41, 5.74) is 0.0705. The van der Waals surface area contributed by atoms with Gasteiger partial charge in [0, 0.05) is 23.1 Å². The predicted octanol–water partition coefficient (Wildman–Crippen LogP) is 1.96. The number of benzene rings is 1. The van der Waals surface area contributed by atoms with Crippen molar-refractivity contribution in [3.05, 3.63) is 29.6 Å². The maximum Gasteiger partial charge on any atom is 0.361 e. The highest BCUT2D eigenvalue weighted by Gasteiger charge is 2.49. The molecule has 1 aliphatic rings. The van der Waals surface area contributed by atoms with Crippen molar-refractivity contribution in [1.29, 1.82) is 0 Å². The first-order valence-electron chi connectivity index (χ1n) is 6.84. The smallest absolute Gasteiger partial charge is 0.361 e. The minimum absolute atomic E-state index is 0.0563. The van der Waals surface area contributed by atoms with Crippen molar-refractivity contribution in [2.75, 3.05) is 12.1 Å². The molecule has 2 aromatic rings. The van der Waals surface area contributed by atoms with E-state index in [4.69, 9.17) is 0 Å². The van der Waals surface area contributed by atoms with Gasteiger partial charge in [0.15, 0.2) is 0 Å². The standard InChI is InChI=1S/C15H15N3O4S/c1-9-7-15(21,13(20)22-2)18(17-9)14-16-12(8-23-14)10-4-3-5-11(19)6-10/h3-6,8,19,21H,7H2,1-2H3. The van der Waals surface area contributed by atoms with E-state index in [2.05, 4.69) is 14.8 Å². The Morgan fingerprint density at radius 1 is 1.48 bits per heavy atom. The third kappa shape index (κ3) is 2.66. The van der Waals surface area contributed by atoms with E-state index in [1.165, 1.54) is 23.5 Å². The number of thiazole rings is 1. The molecule has 1 aromatic heterocycles. The van der Waals surface area contributed by atoms with Gasteiger partial charge in [-0.1, -0.05) is 12.1 Å². The molecule has 2 heterocycles. The number of hydrogen-bond donors (Lipinski definition) is 2. The summed E-state index contributed by atoms with van der Waals surface area (Å²) in [4.78, 5) is 16.4. The van der Waals surface area contributed by atoms with Gasteiger partial charge in [-0.2, -0.15) is 10.1 Å². The topological polar surface area (TPSA) is 95.3 Å². The number of esters is 1. The molecular weight excluding hydrogens is 318 g/mol. The molecule has 1 unspecified atom stereocenters. The fourth-order valence-corrected chi connectivity index (χ4v) is 3.25. The number of ether oxygens (including phenoxy) is 1. The molecule has 3 rings (SSSR count). The Balaban J connectivity index is 1.97. The maximum absolute atomic E-state index is 11.9. The largest absolute Gasteiger partial charge is 0.508 e. The summed E-state index contributed by atoms with van der Waals surface area (Å²) in [6.45, 7) is 1.72. The number of aromatic nitrogens is 1. The van der Waals surface area contributed by atoms with Crippen LogP contribution in [0.3, 0.4) is 0 Å². The zero-order valence-corrected chi connectivity index (χ0v) is 13.4. The molecule has 23 heavy (non-hydrogen) atoms. The van der Waals surface area contributed by atoms with Gasteiger partial charge in [-0.25, -0.2) is 9.78 Å². The number of carbonyl (C=O) groups excluding carboxylic acids is 1. The number of phenols is 1. The van der Waals surface area contributed by atoms with Gasteiger partial charge in [0.25, 0.3) is 5.72 Å². The average Bonchev–Trinajstić information content (AvgIpc) is 3.11. The van der Waals surface area contributed by atoms with E-state index in [1.807, 2.05) is 6.07 Å². The molecule has 7 nitrogen and oxygen atoms in total. The van der Waals surface area contributed by atoms with Gasteiger partial charge in [-0.05, 0) is 19.1 Å². The number of methoxy groups -OCH3 is 1. The van der Waals surface area contributed by atoms with Crippen LogP contribution in [0.4, 0.5) is 5.13 Å². The number of rotatable bonds is 3. The highest BCUT2D eigenvalue weighted by atomic mass is 32.1. The molecule has 0 fully saturated rings. The molecule has 0 spiro atoms. The number of anilines is 1. The minimum Gasteiger partial charge on any atom is -0.508 e. The van der Waals surface area contributed by atoms with Gasteiger partial charge >= 0.3 is 5.97 Å². The number of hydrogen-bond acceptors (Lipinski definition) is 8. The highest BCUT2D eigenvalue weighted by Crippen LogP contribution is 2.36. The molecule has 1 atom stereocenters. The maximum atomic E-state index is 11.9. The molecule has 120 valence electrons. The Morgan fingerprint density at radius 2 is 2.26 bits per heavy atom. The molecule has 8 heteroatoms. The first-order chi connectivity index (χ1) is 10.9. The lowest BCUT2D eigenvalue weighted by Crippen LogP contribution is -2.50. The molecule has 0 bridgehead atoms. The third-order valence-corrected chi connectivity index (χ3v) is 4.27. The lowest BCUT2D eigenvalue weighted by atomic mass is 10.1. The number of carbonyl (C=O) groups is 1. The minimum atomic E-state index is -1.88. The van der Waals surface area contributed by atoms with Crippen molar-refractivity contribution in [1.82, 2.24) is 4.98 Å². The van der Waals surface area contributed by atoms with E-state index >= 15 is 0 Å². The molecule has 0 saturated carbocycles. The van der Waals surface area contributed by atoms with Gasteiger partial charge in [-0.3, -0.25) is 0 Å². The SMILES string of the molecule is COC(=O)C1(O)CC(C)=NN1c1nc(-c2cccc(O)c2)cs1. The summed E-state index contributed by atoms with van der Waals surface area (Å²) in [5, 5.41) is 27.7. The van der Waals surface area contributed by atoms with E-state index in [9.17, 15) is 15.0 Å². The van der Waals surface area contributed by atoms with Crippen molar-refractivity contribution in [3.63, 3.8) is 0 Å². The second-order valence-corrected chi connectivity index (χ2v) is 6.03. The highest BCUT2D eigenvalue weighted by molar-refractivity contribution is 7.14. The Morgan fingerprint density at radius 3 is 2.96 bits per heavy atom. The molecule has 0 amide bonds. The number of hydrazone groups is 1. The van der Waals surface area contributed by atoms with Gasteiger partial charge in [0.05, 0.1) is 12.8 Å². The zero-order valence-electron chi connectivity index (χ0n) is 12.6. The quantitative estimate of drug-likeness (QED) is 0.834. The summed E-state index contributed by atoms with van der Waals surface area (Å²) in [5.74, 6) is -0.648. The molecule has 0 radical (unpaired) electrons. The Labute approximate surface area is 136 Å². The van der Waals surface area contributed by atoms with Crippen molar-refractivity contribution in [2.24, 2.45) is 5.10 Å². The van der Waals surface area contributed by atoms with Crippen molar-refractivity contribution >= 4 is 28.1 Å². The molecule has 0 saturated heterocycles. The van der Waals surface area contributed by atoms with Crippen LogP contribution in [0.2, 0.25) is 0 Å². The van der Waals surface area contributed by atoms with Crippen LogP contribution in [0.15, 0.2) is 34.7 Å². The number of phenolic OH excluding ortho intramolecular Hbond substituents is 1. The Hall–Kier alpha value is -2.45. The van der Waals surface area contributed by atoms with Crippen LogP contribution in [0, 0.1) is 0 Å².